The van der Waals surface area contributed by atoms with Crippen molar-refractivity contribution >= 4 is 11.6 Å². The first-order valence-corrected chi connectivity index (χ1v) is 6.29. The molecule has 0 bridgehead atoms. The molecule has 102 valence electrons. The number of nitrogens with one attached hydrogen (secondary N) is 2. The second-order valence-electron chi connectivity index (χ2n) is 4.44. The Morgan fingerprint density at radius 2 is 2.26 bits per heavy atom. The van der Waals surface area contributed by atoms with Crippen molar-refractivity contribution in [2.24, 2.45) is 0 Å². The van der Waals surface area contributed by atoms with Crippen LogP contribution in [0.5, 0.6) is 0 Å². The van der Waals surface area contributed by atoms with E-state index in [0.717, 1.165) is 19.5 Å². The van der Waals surface area contributed by atoms with Crippen molar-refractivity contribution in [3.63, 3.8) is 0 Å². The molecule has 0 saturated heterocycles. The predicted molar refractivity (Wildman–Crippen MR) is 75.8 cm³/mol. The van der Waals surface area contributed by atoms with E-state index in [2.05, 4.69) is 10.6 Å². The molecule has 0 saturated carbocycles. The van der Waals surface area contributed by atoms with Crippen LogP contribution < -0.4 is 10.6 Å². The minimum absolute atomic E-state index is 0.0675. The van der Waals surface area contributed by atoms with E-state index in [1.54, 1.807) is 24.3 Å². The number of rotatable bonds is 7. The molecule has 0 heterocycles. The SMILES string of the molecule is CNCCCN(C)CC(=O)Nc1cccc(C#N)c1. The number of carbonyl (C=O) groups is 1. The summed E-state index contributed by atoms with van der Waals surface area (Å²) in [4.78, 5) is 13.8. The highest BCUT2D eigenvalue weighted by molar-refractivity contribution is 5.92. The van der Waals surface area contributed by atoms with Crippen molar-refractivity contribution < 1.29 is 4.79 Å². The van der Waals surface area contributed by atoms with E-state index in [-0.39, 0.29) is 5.91 Å². The fourth-order valence-corrected chi connectivity index (χ4v) is 1.72. The molecule has 2 N–H and O–H groups in total. The number of hydrogen-bond donors (Lipinski definition) is 2. The number of benzene rings is 1. The van der Waals surface area contributed by atoms with Gasteiger partial charge in [-0.25, -0.2) is 0 Å². The van der Waals surface area contributed by atoms with Gasteiger partial charge in [-0.05, 0) is 51.8 Å². The van der Waals surface area contributed by atoms with Gasteiger partial charge in [-0.1, -0.05) is 6.07 Å². The van der Waals surface area contributed by atoms with Gasteiger partial charge >= 0.3 is 0 Å². The van der Waals surface area contributed by atoms with Crippen molar-refractivity contribution in [2.45, 2.75) is 6.42 Å². The summed E-state index contributed by atoms with van der Waals surface area (Å²) < 4.78 is 0. The van der Waals surface area contributed by atoms with E-state index in [4.69, 9.17) is 5.26 Å². The fraction of sp³-hybridized carbons (Fsp3) is 0.429. The maximum atomic E-state index is 11.8. The van der Waals surface area contributed by atoms with Crippen LogP contribution in [0.25, 0.3) is 0 Å². The average Bonchev–Trinajstić information content (AvgIpc) is 2.39. The second kappa shape index (κ2) is 8.25. The standard InChI is InChI=1S/C14H20N4O/c1-16-7-4-8-18(2)11-14(19)17-13-6-3-5-12(9-13)10-15/h3,5-6,9,16H,4,7-8,11H2,1-2H3,(H,17,19). The third kappa shape index (κ3) is 6.00. The molecule has 5 nitrogen and oxygen atoms in total. The monoisotopic (exact) mass is 260 g/mol. The second-order valence-corrected chi connectivity index (χ2v) is 4.44. The molecule has 1 aromatic rings. The molecule has 0 aromatic heterocycles. The highest BCUT2D eigenvalue weighted by Gasteiger charge is 2.06. The summed E-state index contributed by atoms with van der Waals surface area (Å²) in [5.41, 5.74) is 1.20. The van der Waals surface area contributed by atoms with Crippen LogP contribution in [0, 0.1) is 11.3 Å². The van der Waals surface area contributed by atoms with Crippen LogP contribution in [0.2, 0.25) is 0 Å². The molecule has 19 heavy (non-hydrogen) atoms. The van der Waals surface area contributed by atoms with Gasteiger partial charge in [0, 0.05) is 5.69 Å². The van der Waals surface area contributed by atoms with Gasteiger partial charge in [0.15, 0.2) is 0 Å². The van der Waals surface area contributed by atoms with Crippen molar-refractivity contribution in [1.29, 1.82) is 5.26 Å². The number of carbonyl (C=O) groups excluding carboxylic acids is 1. The van der Waals surface area contributed by atoms with Crippen LogP contribution in [-0.2, 0) is 4.79 Å². The molecular weight excluding hydrogens is 240 g/mol. The first-order valence-electron chi connectivity index (χ1n) is 6.29. The number of nitrogens with zero attached hydrogens (tertiary/aromatic N) is 2. The average molecular weight is 260 g/mol. The van der Waals surface area contributed by atoms with Crippen LogP contribution in [0.3, 0.4) is 0 Å². The summed E-state index contributed by atoms with van der Waals surface area (Å²) in [5, 5.41) is 14.6. The molecule has 1 rings (SSSR count). The molecule has 0 radical (unpaired) electrons. The summed E-state index contributed by atoms with van der Waals surface area (Å²) in [5.74, 6) is -0.0675. The first-order chi connectivity index (χ1) is 9.15. The molecular formula is C14H20N4O. The lowest BCUT2D eigenvalue weighted by atomic mass is 10.2. The third-order valence-corrected chi connectivity index (χ3v) is 2.66. The molecule has 5 heteroatoms. The van der Waals surface area contributed by atoms with Gasteiger partial charge in [-0.3, -0.25) is 9.69 Å². The van der Waals surface area contributed by atoms with E-state index in [1.165, 1.54) is 0 Å². The Balaban J connectivity index is 2.40. The molecule has 0 unspecified atom stereocenters. The molecule has 0 aliphatic carbocycles. The third-order valence-electron chi connectivity index (χ3n) is 2.66. The highest BCUT2D eigenvalue weighted by atomic mass is 16.2. The summed E-state index contributed by atoms with van der Waals surface area (Å²) in [7, 11) is 3.83. The van der Waals surface area contributed by atoms with Crippen molar-refractivity contribution in [1.82, 2.24) is 10.2 Å². The minimum atomic E-state index is -0.0675. The van der Waals surface area contributed by atoms with Gasteiger partial charge < -0.3 is 10.6 Å². The Labute approximate surface area is 114 Å². The van der Waals surface area contributed by atoms with Gasteiger partial charge in [0.1, 0.15) is 0 Å². The zero-order chi connectivity index (χ0) is 14.1. The topological polar surface area (TPSA) is 68.2 Å². The molecule has 0 atom stereocenters. The van der Waals surface area contributed by atoms with Gasteiger partial charge in [-0.15, -0.1) is 0 Å². The van der Waals surface area contributed by atoms with E-state index in [9.17, 15) is 4.79 Å². The van der Waals surface area contributed by atoms with Crippen LogP contribution >= 0.6 is 0 Å². The van der Waals surface area contributed by atoms with Crippen LogP contribution in [-0.4, -0.2) is 44.5 Å². The lowest BCUT2D eigenvalue weighted by Gasteiger charge is -2.16. The lowest BCUT2D eigenvalue weighted by Crippen LogP contribution is -2.31. The number of likely N-dealkylation sites (N-methyl/N-ethyl adjacent to an activating group) is 1. The largest absolute Gasteiger partial charge is 0.325 e. The summed E-state index contributed by atoms with van der Waals surface area (Å²) >= 11 is 0. The van der Waals surface area contributed by atoms with E-state index in [1.807, 2.05) is 25.1 Å². The minimum Gasteiger partial charge on any atom is -0.325 e. The fourth-order valence-electron chi connectivity index (χ4n) is 1.72. The summed E-state index contributed by atoms with van der Waals surface area (Å²) in [6.45, 7) is 2.16. The van der Waals surface area contributed by atoms with Crippen LogP contribution in [0.4, 0.5) is 5.69 Å². The van der Waals surface area contributed by atoms with Gasteiger partial charge in [0.2, 0.25) is 5.91 Å². The van der Waals surface area contributed by atoms with E-state index >= 15 is 0 Å². The molecule has 0 spiro atoms. The molecule has 1 aromatic carbocycles. The van der Waals surface area contributed by atoms with Crippen molar-refractivity contribution in [3.8, 4) is 6.07 Å². The number of anilines is 1. The Morgan fingerprint density at radius 1 is 1.47 bits per heavy atom. The molecule has 0 aliphatic heterocycles. The number of hydrogen-bond acceptors (Lipinski definition) is 4. The Bertz CT molecular complexity index is 453. The Kier molecular flexibility index (Phi) is 6.58. The predicted octanol–water partition coefficient (Wildman–Crippen LogP) is 1.04. The highest BCUT2D eigenvalue weighted by Crippen LogP contribution is 2.09. The van der Waals surface area contributed by atoms with Crippen LogP contribution in [0.15, 0.2) is 24.3 Å². The zero-order valence-corrected chi connectivity index (χ0v) is 11.4. The van der Waals surface area contributed by atoms with E-state index < -0.39 is 0 Å². The van der Waals surface area contributed by atoms with Gasteiger partial charge in [0.05, 0.1) is 18.2 Å². The van der Waals surface area contributed by atoms with Gasteiger partial charge in [-0.2, -0.15) is 5.26 Å². The summed E-state index contributed by atoms with van der Waals surface area (Å²) in [6.07, 6.45) is 1.00. The molecule has 0 aliphatic rings. The normalized spacial score (nSPS) is 10.2. The van der Waals surface area contributed by atoms with Crippen molar-refractivity contribution in [2.75, 3.05) is 39.0 Å². The maximum Gasteiger partial charge on any atom is 0.238 e. The maximum absolute atomic E-state index is 11.8. The molecule has 1 amide bonds. The Morgan fingerprint density at radius 3 is 2.95 bits per heavy atom. The lowest BCUT2D eigenvalue weighted by molar-refractivity contribution is -0.117. The smallest absolute Gasteiger partial charge is 0.238 e. The van der Waals surface area contributed by atoms with Gasteiger partial charge in [0.25, 0.3) is 0 Å². The number of nitriles is 1. The number of amides is 1. The van der Waals surface area contributed by atoms with E-state index in [0.29, 0.717) is 17.8 Å². The van der Waals surface area contributed by atoms with Crippen molar-refractivity contribution in [3.05, 3.63) is 29.8 Å². The zero-order valence-electron chi connectivity index (χ0n) is 11.4. The molecule has 0 fully saturated rings. The first kappa shape index (κ1) is 15.2. The summed E-state index contributed by atoms with van der Waals surface area (Å²) in [6, 6.07) is 8.95. The quantitative estimate of drug-likeness (QED) is 0.719. The van der Waals surface area contributed by atoms with Crippen LogP contribution in [0.1, 0.15) is 12.0 Å². The Hall–Kier alpha value is -1.90.